The van der Waals surface area contributed by atoms with Crippen molar-refractivity contribution in [1.82, 2.24) is 9.88 Å². The highest BCUT2D eigenvalue weighted by atomic mass is 16.5. The van der Waals surface area contributed by atoms with Gasteiger partial charge in [-0.05, 0) is 44.7 Å². The van der Waals surface area contributed by atoms with E-state index in [1.165, 1.54) is 18.1 Å². The second-order valence-corrected chi connectivity index (χ2v) is 8.87. The molecule has 6 rings (SSSR count). The number of H-pyrrole nitrogens is 1. The first-order valence-corrected chi connectivity index (χ1v) is 10.8. The van der Waals surface area contributed by atoms with Gasteiger partial charge in [0.2, 0.25) is 0 Å². The number of aliphatic hydroxyl groups is 1. The number of aromatic amines is 1. The molecule has 3 aliphatic heterocycles. The Hall–Kier alpha value is -1.89. The van der Waals surface area contributed by atoms with E-state index in [0.717, 1.165) is 30.6 Å². The topological polar surface area (TPSA) is 74.8 Å². The molecule has 2 N–H and O–H groups in total. The molecule has 1 saturated carbocycles. The molecule has 0 spiro atoms. The van der Waals surface area contributed by atoms with Crippen molar-refractivity contribution < 1.29 is 19.4 Å². The zero-order chi connectivity index (χ0) is 20.3. The second kappa shape index (κ2) is 6.83. The number of esters is 1. The van der Waals surface area contributed by atoms with Crippen molar-refractivity contribution in [2.45, 2.75) is 56.9 Å². The van der Waals surface area contributed by atoms with Gasteiger partial charge in [0.05, 0.1) is 13.2 Å². The Morgan fingerprint density at radius 1 is 1.41 bits per heavy atom. The lowest BCUT2D eigenvalue weighted by Gasteiger charge is -2.61. The van der Waals surface area contributed by atoms with Crippen LogP contribution in [0.25, 0.3) is 10.9 Å². The molecule has 6 nitrogen and oxygen atoms in total. The Bertz CT molecular complexity index is 938. The summed E-state index contributed by atoms with van der Waals surface area (Å²) in [4.78, 5) is 19.5. The summed E-state index contributed by atoms with van der Waals surface area (Å²) < 4.78 is 11.6. The van der Waals surface area contributed by atoms with Gasteiger partial charge in [-0.2, -0.15) is 0 Å². The van der Waals surface area contributed by atoms with E-state index in [0.29, 0.717) is 13.0 Å². The van der Waals surface area contributed by atoms with Gasteiger partial charge in [-0.15, -0.1) is 0 Å². The van der Waals surface area contributed by atoms with Crippen LogP contribution in [0.4, 0.5) is 0 Å². The monoisotopic (exact) mass is 398 g/mol. The molecule has 3 fully saturated rings. The summed E-state index contributed by atoms with van der Waals surface area (Å²) in [6.07, 6.45) is 1.90. The van der Waals surface area contributed by atoms with Gasteiger partial charge in [0.25, 0.3) is 0 Å². The van der Waals surface area contributed by atoms with Crippen LogP contribution < -0.4 is 0 Å². The molecular weight excluding hydrogens is 368 g/mol. The molecule has 4 bridgehead atoms. The summed E-state index contributed by atoms with van der Waals surface area (Å²) in [6, 6.07) is 8.12. The van der Waals surface area contributed by atoms with Gasteiger partial charge in [0.15, 0.2) is 0 Å². The predicted octanol–water partition coefficient (Wildman–Crippen LogP) is 2.59. The maximum absolute atomic E-state index is 13.5. The number of rotatable bonds is 4. The molecule has 1 aliphatic carbocycles. The van der Waals surface area contributed by atoms with Crippen LogP contribution in [-0.4, -0.2) is 59.6 Å². The van der Waals surface area contributed by atoms with Gasteiger partial charge >= 0.3 is 5.97 Å². The highest BCUT2D eigenvalue weighted by Gasteiger charge is 2.66. The number of aliphatic hydroxyl groups excluding tert-OH is 1. The number of piperidine rings is 2. The molecular formula is C23H30N2O4. The van der Waals surface area contributed by atoms with E-state index in [1.54, 1.807) is 0 Å². The zero-order valence-electron chi connectivity index (χ0n) is 17.4. The van der Waals surface area contributed by atoms with E-state index in [4.69, 9.17) is 9.47 Å². The minimum Gasteiger partial charge on any atom is -0.468 e. The third-order valence-corrected chi connectivity index (χ3v) is 7.54. The number of ether oxygens (including phenoxy) is 2. The number of benzene rings is 1. The van der Waals surface area contributed by atoms with Crippen LogP contribution in [-0.2, 0) is 26.1 Å². The molecule has 4 aliphatic rings. The van der Waals surface area contributed by atoms with Crippen LogP contribution in [0.2, 0.25) is 0 Å². The first-order valence-electron chi connectivity index (χ1n) is 10.8. The number of aromatic nitrogens is 1. The lowest BCUT2D eigenvalue weighted by molar-refractivity contribution is -0.220. The largest absolute Gasteiger partial charge is 0.468 e. The maximum Gasteiger partial charge on any atom is 0.319 e. The number of para-hydroxylation sites is 1. The Morgan fingerprint density at radius 2 is 2.21 bits per heavy atom. The number of hydrogen-bond donors (Lipinski definition) is 2. The molecule has 1 aromatic heterocycles. The average molecular weight is 399 g/mol. The van der Waals surface area contributed by atoms with Crippen LogP contribution in [0.5, 0.6) is 0 Å². The Balaban J connectivity index is 1.77. The summed E-state index contributed by atoms with van der Waals surface area (Å²) in [5.41, 5.74) is 2.45. The minimum absolute atomic E-state index is 0.00178. The zero-order valence-corrected chi connectivity index (χ0v) is 17.4. The van der Waals surface area contributed by atoms with Gasteiger partial charge < -0.3 is 19.6 Å². The summed E-state index contributed by atoms with van der Waals surface area (Å²) in [7, 11) is 1.48. The van der Waals surface area contributed by atoms with E-state index in [2.05, 4.69) is 22.0 Å². The molecule has 7 atom stereocenters. The molecule has 6 heteroatoms. The highest BCUT2D eigenvalue weighted by molar-refractivity contribution is 5.91. The van der Waals surface area contributed by atoms with Gasteiger partial charge in [0.1, 0.15) is 11.6 Å². The van der Waals surface area contributed by atoms with Crippen molar-refractivity contribution >= 4 is 16.9 Å². The predicted molar refractivity (Wildman–Crippen MR) is 109 cm³/mol. The lowest BCUT2D eigenvalue weighted by Crippen LogP contribution is -2.72. The average Bonchev–Trinajstić information content (AvgIpc) is 3.06. The minimum atomic E-state index is -0.808. The van der Waals surface area contributed by atoms with E-state index in [9.17, 15) is 9.90 Å². The molecule has 2 saturated heterocycles. The SMILES string of the molecule is CCO[C@@H]1[C@@H]2C[C@H]([C@@H](C)O)[C@@H]3N1CCc1c([nH]c4ccccc14)[C@]3(C(=O)OC)C2. The van der Waals surface area contributed by atoms with Crippen LogP contribution in [0.1, 0.15) is 37.9 Å². The molecule has 1 aromatic carbocycles. The number of nitrogens with one attached hydrogen (secondary N) is 1. The number of carbonyl (C=O) groups excluding carboxylic acids is 1. The number of nitrogens with zero attached hydrogens (tertiary/aromatic N) is 1. The lowest BCUT2D eigenvalue weighted by atomic mass is 9.55. The molecule has 2 aromatic rings. The van der Waals surface area contributed by atoms with Crippen LogP contribution in [0, 0.1) is 11.8 Å². The summed E-state index contributed by atoms with van der Waals surface area (Å²) in [5, 5.41) is 11.9. The normalized spacial score (nSPS) is 36.5. The summed E-state index contributed by atoms with van der Waals surface area (Å²) >= 11 is 0. The quantitative estimate of drug-likeness (QED) is 0.775. The highest BCUT2D eigenvalue weighted by Crippen LogP contribution is 2.57. The summed E-state index contributed by atoms with van der Waals surface area (Å²) in [5.74, 6) is -0.0227. The van der Waals surface area contributed by atoms with Crippen molar-refractivity contribution in [3.63, 3.8) is 0 Å². The fraction of sp³-hybridized carbons (Fsp3) is 0.609. The second-order valence-electron chi connectivity index (χ2n) is 8.87. The van der Waals surface area contributed by atoms with Gasteiger partial charge in [-0.1, -0.05) is 18.2 Å². The smallest absolute Gasteiger partial charge is 0.319 e. The van der Waals surface area contributed by atoms with E-state index in [1.807, 2.05) is 26.0 Å². The Morgan fingerprint density at radius 3 is 2.93 bits per heavy atom. The van der Waals surface area contributed by atoms with E-state index < -0.39 is 11.5 Å². The first-order chi connectivity index (χ1) is 14.0. The standard InChI is InChI=1S/C23H30N2O4/c1-4-29-21-14-11-17(13(2)26)20-23(12-14,22(27)28-3)19-16(9-10-25(20)21)15-7-5-6-8-18(15)24-19/h5-8,13-14,17,20-21,24,26H,4,9-12H2,1-3H3/t13-,14-,17-,20+,21-,23-/m1/s1. The van der Waals surface area contributed by atoms with Crippen LogP contribution in [0.15, 0.2) is 24.3 Å². The molecule has 1 unspecified atom stereocenters. The fourth-order valence-corrected chi connectivity index (χ4v) is 6.59. The Labute approximate surface area is 171 Å². The molecule has 0 amide bonds. The van der Waals surface area contributed by atoms with Gasteiger partial charge in [0, 0.05) is 47.6 Å². The number of hydrogen-bond acceptors (Lipinski definition) is 5. The molecule has 4 heterocycles. The molecule has 29 heavy (non-hydrogen) atoms. The summed E-state index contributed by atoms with van der Waals surface area (Å²) in [6.45, 7) is 5.33. The van der Waals surface area contributed by atoms with Crippen molar-refractivity contribution in [3.05, 3.63) is 35.5 Å². The van der Waals surface area contributed by atoms with Gasteiger partial charge in [-0.25, -0.2) is 0 Å². The molecule has 0 radical (unpaired) electrons. The maximum atomic E-state index is 13.5. The number of fused-ring (bicyclic) bond motifs is 4. The van der Waals surface area contributed by atoms with Crippen molar-refractivity contribution in [2.24, 2.45) is 11.8 Å². The van der Waals surface area contributed by atoms with Crippen molar-refractivity contribution in [2.75, 3.05) is 20.3 Å². The third kappa shape index (κ3) is 2.49. The molecule has 156 valence electrons. The van der Waals surface area contributed by atoms with Gasteiger partial charge in [-0.3, -0.25) is 9.69 Å². The van der Waals surface area contributed by atoms with E-state index in [-0.39, 0.29) is 30.1 Å². The fourth-order valence-electron chi connectivity index (χ4n) is 6.59. The number of carbonyl (C=O) groups is 1. The van der Waals surface area contributed by atoms with Crippen LogP contribution in [0.3, 0.4) is 0 Å². The van der Waals surface area contributed by atoms with Crippen molar-refractivity contribution in [1.29, 1.82) is 0 Å². The number of methoxy groups -OCH3 is 1. The van der Waals surface area contributed by atoms with Crippen molar-refractivity contribution in [3.8, 4) is 0 Å². The van der Waals surface area contributed by atoms with E-state index >= 15 is 0 Å². The van der Waals surface area contributed by atoms with Crippen LogP contribution >= 0.6 is 0 Å². The third-order valence-electron chi connectivity index (χ3n) is 7.54. The first kappa shape index (κ1) is 19.1. The Kier molecular flexibility index (Phi) is 4.49.